The van der Waals surface area contributed by atoms with Gasteiger partial charge in [0.2, 0.25) is 17.7 Å². The highest BCUT2D eigenvalue weighted by Gasteiger charge is 2.21. The number of carbonyl (C=O) groups excluding carboxylic acids is 1. The van der Waals surface area contributed by atoms with E-state index in [1.165, 1.54) is 0 Å². The maximum atomic E-state index is 12.3. The van der Waals surface area contributed by atoms with Crippen LogP contribution in [0.4, 0.5) is 5.95 Å². The van der Waals surface area contributed by atoms with Crippen molar-refractivity contribution in [3.05, 3.63) is 54.2 Å². The second-order valence-electron chi connectivity index (χ2n) is 5.46. The molecular formula is C18H20N4O2. The zero-order valence-electron chi connectivity index (χ0n) is 13.6. The summed E-state index contributed by atoms with van der Waals surface area (Å²) >= 11 is 0. The first-order valence-electron chi connectivity index (χ1n) is 7.90. The molecule has 0 bridgehead atoms. The Balaban J connectivity index is 1.56. The van der Waals surface area contributed by atoms with E-state index in [-0.39, 0.29) is 5.91 Å². The van der Waals surface area contributed by atoms with Crippen LogP contribution in [0, 0.1) is 0 Å². The summed E-state index contributed by atoms with van der Waals surface area (Å²) in [6.45, 7) is 2.72. The summed E-state index contributed by atoms with van der Waals surface area (Å²) in [5, 5.41) is 0. The largest absolute Gasteiger partial charge is 0.481 e. The SMILES string of the molecule is COc1ccnc(N2CCN(C(=O)C=Cc3ccccc3)CC2)n1. The molecule has 0 atom stereocenters. The standard InChI is InChI=1S/C18H20N4O2/c1-24-16-9-10-19-18(20-16)22-13-11-21(12-14-22)17(23)8-7-15-5-3-2-4-6-15/h2-10H,11-14H2,1H3. The highest BCUT2D eigenvalue weighted by molar-refractivity contribution is 5.91. The minimum Gasteiger partial charge on any atom is -0.481 e. The monoisotopic (exact) mass is 324 g/mol. The van der Waals surface area contributed by atoms with E-state index in [0.717, 1.165) is 5.56 Å². The average Bonchev–Trinajstić information content (AvgIpc) is 2.67. The zero-order valence-corrected chi connectivity index (χ0v) is 13.6. The van der Waals surface area contributed by atoms with Crippen LogP contribution >= 0.6 is 0 Å². The lowest BCUT2D eigenvalue weighted by atomic mass is 10.2. The Morgan fingerprint density at radius 3 is 2.58 bits per heavy atom. The van der Waals surface area contributed by atoms with E-state index in [9.17, 15) is 4.79 Å². The van der Waals surface area contributed by atoms with E-state index >= 15 is 0 Å². The van der Waals surface area contributed by atoms with Crippen molar-refractivity contribution in [2.45, 2.75) is 0 Å². The van der Waals surface area contributed by atoms with Crippen molar-refractivity contribution in [3.63, 3.8) is 0 Å². The number of carbonyl (C=O) groups is 1. The number of ether oxygens (including phenoxy) is 1. The summed E-state index contributed by atoms with van der Waals surface area (Å²) in [7, 11) is 1.59. The molecule has 3 rings (SSSR count). The van der Waals surface area contributed by atoms with Gasteiger partial charge >= 0.3 is 0 Å². The molecule has 1 aromatic heterocycles. The van der Waals surface area contributed by atoms with E-state index in [4.69, 9.17) is 4.74 Å². The Morgan fingerprint density at radius 2 is 1.88 bits per heavy atom. The third kappa shape index (κ3) is 3.90. The lowest BCUT2D eigenvalue weighted by molar-refractivity contribution is -0.126. The van der Waals surface area contributed by atoms with Gasteiger partial charge in [0.15, 0.2) is 0 Å². The molecular weight excluding hydrogens is 304 g/mol. The maximum Gasteiger partial charge on any atom is 0.246 e. The molecule has 0 spiro atoms. The number of piperazine rings is 1. The summed E-state index contributed by atoms with van der Waals surface area (Å²) in [6.07, 6.45) is 5.16. The lowest BCUT2D eigenvalue weighted by Gasteiger charge is -2.34. The van der Waals surface area contributed by atoms with Crippen molar-refractivity contribution in [3.8, 4) is 5.88 Å². The predicted octanol–water partition coefficient (Wildman–Crippen LogP) is 1.85. The second kappa shape index (κ2) is 7.59. The average molecular weight is 324 g/mol. The number of anilines is 1. The van der Waals surface area contributed by atoms with Crippen molar-refractivity contribution in [2.24, 2.45) is 0 Å². The first kappa shape index (κ1) is 16.0. The summed E-state index contributed by atoms with van der Waals surface area (Å²) in [5.41, 5.74) is 1.02. The Hall–Kier alpha value is -2.89. The zero-order chi connectivity index (χ0) is 16.8. The second-order valence-corrected chi connectivity index (χ2v) is 5.46. The quantitative estimate of drug-likeness (QED) is 0.803. The molecule has 0 unspecified atom stereocenters. The molecule has 1 fully saturated rings. The molecule has 1 amide bonds. The summed E-state index contributed by atoms with van der Waals surface area (Å²) in [5.74, 6) is 1.22. The molecule has 1 aliphatic heterocycles. The Labute approximate surface area is 141 Å². The number of amides is 1. The minimum absolute atomic E-state index is 0.0325. The van der Waals surface area contributed by atoms with Crippen LogP contribution in [-0.4, -0.2) is 54.1 Å². The molecule has 6 nitrogen and oxygen atoms in total. The van der Waals surface area contributed by atoms with Crippen LogP contribution in [0.15, 0.2) is 48.7 Å². The van der Waals surface area contributed by atoms with Gasteiger partial charge in [-0.3, -0.25) is 4.79 Å². The van der Waals surface area contributed by atoms with Gasteiger partial charge in [0, 0.05) is 44.5 Å². The van der Waals surface area contributed by atoms with Gasteiger partial charge in [0.05, 0.1) is 7.11 Å². The van der Waals surface area contributed by atoms with Crippen molar-refractivity contribution in [2.75, 3.05) is 38.2 Å². The highest BCUT2D eigenvalue weighted by atomic mass is 16.5. The van der Waals surface area contributed by atoms with Gasteiger partial charge in [-0.25, -0.2) is 4.98 Å². The Bertz CT molecular complexity index is 710. The van der Waals surface area contributed by atoms with E-state index in [0.29, 0.717) is 38.0 Å². The smallest absolute Gasteiger partial charge is 0.246 e. The van der Waals surface area contributed by atoms with Crippen LogP contribution in [0.25, 0.3) is 6.08 Å². The minimum atomic E-state index is 0.0325. The van der Waals surface area contributed by atoms with Crippen LogP contribution in [0.1, 0.15) is 5.56 Å². The summed E-state index contributed by atoms with van der Waals surface area (Å²) < 4.78 is 5.13. The Morgan fingerprint density at radius 1 is 1.12 bits per heavy atom. The molecule has 1 aromatic carbocycles. The molecule has 124 valence electrons. The molecule has 6 heteroatoms. The van der Waals surface area contributed by atoms with Gasteiger partial charge in [-0.15, -0.1) is 0 Å². The normalized spacial score (nSPS) is 14.9. The predicted molar refractivity (Wildman–Crippen MR) is 92.9 cm³/mol. The molecule has 2 aromatic rings. The van der Waals surface area contributed by atoms with Gasteiger partial charge in [-0.1, -0.05) is 30.3 Å². The summed E-state index contributed by atoms with van der Waals surface area (Å²) in [6, 6.07) is 11.5. The fourth-order valence-corrected chi connectivity index (χ4v) is 2.56. The first-order chi connectivity index (χ1) is 11.8. The summed E-state index contributed by atoms with van der Waals surface area (Å²) in [4.78, 5) is 24.8. The van der Waals surface area contributed by atoms with Crippen LogP contribution in [0.3, 0.4) is 0 Å². The van der Waals surface area contributed by atoms with Crippen LogP contribution in [-0.2, 0) is 4.79 Å². The van der Waals surface area contributed by atoms with Crippen LogP contribution in [0.5, 0.6) is 5.88 Å². The molecule has 2 heterocycles. The lowest BCUT2D eigenvalue weighted by Crippen LogP contribution is -2.48. The molecule has 24 heavy (non-hydrogen) atoms. The molecule has 0 N–H and O–H groups in total. The highest BCUT2D eigenvalue weighted by Crippen LogP contribution is 2.14. The number of hydrogen-bond acceptors (Lipinski definition) is 5. The molecule has 1 saturated heterocycles. The number of benzene rings is 1. The molecule has 0 saturated carbocycles. The van der Waals surface area contributed by atoms with Gasteiger partial charge in [0.25, 0.3) is 0 Å². The molecule has 0 aliphatic carbocycles. The first-order valence-corrected chi connectivity index (χ1v) is 7.90. The fourth-order valence-electron chi connectivity index (χ4n) is 2.56. The van der Waals surface area contributed by atoms with Crippen molar-refractivity contribution in [1.29, 1.82) is 0 Å². The molecule has 1 aliphatic rings. The van der Waals surface area contributed by atoms with E-state index < -0.39 is 0 Å². The number of aromatic nitrogens is 2. The topological polar surface area (TPSA) is 58.6 Å². The van der Waals surface area contributed by atoms with Crippen LogP contribution < -0.4 is 9.64 Å². The van der Waals surface area contributed by atoms with Crippen molar-refractivity contribution in [1.82, 2.24) is 14.9 Å². The third-order valence-electron chi connectivity index (χ3n) is 3.92. The number of nitrogens with zero attached hydrogens (tertiary/aromatic N) is 4. The Kier molecular flexibility index (Phi) is 5.05. The number of methoxy groups -OCH3 is 1. The van der Waals surface area contributed by atoms with Gasteiger partial charge in [-0.2, -0.15) is 4.98 Å². The fraction of sp³-hybridized carbons (Fsp3) is 0.278. The van der Waals surface area contributed by atoms with Gasteiger partial charge < -0.3 is 14.5 Å². The number of rotatable bonds is 4. The maximum absolute atomic E-state index is 12.3. The number of hydrogen-bond donors (Lipinski definition) is 0. The van der Waals surface area contributed by atoms with Crippen molar-refractivity contribution >= 4 is 17.9 Å². The van der Waals surface area contributed by atoms with Gasteiger partial charge in [-0.05, 0) is 11.6 Å². The van der Waals surface area contributed by atoms with Crippen LogP contribution in [0.2, 0.25) is 0 Å². The van der Waals surface area contributed by atoms with Crippen molar-refractivity contribution < 1.29 is 9.53 Å². The van der Waals surface area contributed by atoms with E-state index in [2.05, 4.69) is 14.9 Å². The van der Waals surface area contributed by atoms with E-state index in [1.54, 1.807) is 25.4 Å². The van der Waals surface area contributed by atoms with Gasteiger partial charge in [0.1, 0.15) is 0 Å². The third-order valence-corrected chi connectivity index (χ3v) is 3.92. The molecule has 0 radical (unpaired) electrons. The van der Waals surface area contributed by atoms with E-state index in [1.807, 2.05) is 41.3 Å².